The molecule has 21 heavy (non-hydrogen) atoms. The zero-order valence-corrected chi connectivity index (χ0v) is 12.8. The van der Waals surface area contributed by atoms with E-state index in [9.17, 15) is 13.2 Å². The zero-order chi connectivity index (χ0) is 15.5. The minimum absolute atomic E-state index is 0.376. The molecule has 0 saturated heterocycles. The highest BCUT2D eigenvalue weighted by atomic mass is 79.9. The molecule has 4 nitrogen and oxygen atoms in total. The molecule has 0 amide bonds. The summed E-state index contributed by atoms with van der Waals surface area (Å²) in [5, 5.41) is 8.44. The highest BCUT2D eigenvalue weighted by Crippen LogP contribution is 2.31. The van der Waals surface area contributed by atoms with Crippen molar-refractivity contribution in [3.8, 4) is 11.4 Å². The van der Waals surface area contributed by atoms with Gasteiger partial charge in [0.1, 0.15) is 5.82 Å². The second-order valence-corrected chi connectivity index (χ2v) is 4.86. The predicted octanol–water partition coefficient (Wildman–Crippen LogP) is 3.51. The first-order valence-corrected chi connectivity index (χ1v) is 7.24. The topological polar surface area (TPSA) is 39.9 Å². The first-order chi connectivity index (χ1) is 9.97. The molecule has 114 valence electrons. The number of hydrogen-bond acceptors (Lipinski definition) is 3. The molecule has 0 spiro atoms. The SMILES string of the molecule is COCCn1c(CBr)nnc1-c1cccc(C(F)(F)F)c1. The fourth-order valence-corrected chi connectivity index (χ4v) is 2.31. The van der Waals surface area contributed by atoms with Crippen LogP contribution in [0.5, 0.6) is 0 Å². The normalized spacial score (nSPS) is 11.9. The summed E-state index contributed by atoms with van der Waals surface area (Å²) in [4.78, 5) is 0. The molecule has 0 saturated carbocycles. The molecule has 2 rings (SSSR count). The maximum atomic E-state index is 12.8. The molecule has 1 aromatic heterocycles. The molecule has 0 radical (unpaired) electrons. The Morgan fingerprint density at radius 3 is 2.67 bits per heavy atom. The number of halogens is 4. The molecule has 0 unspecified atom stereocenters. The molecular formula is C13H13BrF3N3O. The average Bonchev–Trinajstić information content (AvgIpc) is 2.87. The van der Waals surface area contributed by atoms with Gasteiger partial charge in [-0.2, -0.15) is 13.2 Å². The molecule has 0 N–H and O–H groups in total. The molecule has 2 aromatic rings. The Morgan fingerprint density at radius 1 is 1.29 bits per heavy atom. The van der Waals surface area contributed by atoms with Crippen LogP contribution in [0.15, 0.2) is 24.3 Å². The van der Waals surface area contributed by atoms with Crippen LogP contribution in [-0.4, -0.2) is 28.5 Å². The lowest BCUT2D eigenvalue weighted by Crippen LogP contribution is -2.10. The highest BCUT2D eigenvalue weighted by Gasteiger charge is 2.30. The molecule has 0 fully saturated rings. The van der Waals surface area contributed by atoms with Gasteiger partial charge in [-0.25, -0.2) is 0 Å². The fraction of sp³-hybridized carbons (Fsp3) is 0.385. The smallest absolute Gasteiger partial charge is 0.383 e. The van der Waals surface area contributed by atoms with Gasteiger partial charge in [-0.05, 0) is 12.1 Å². The lowest BCUT2D eigenvalue weighted by atomic mass is 10.1. The summed E-state index contributed by atoms with van der Waals surface area (Å²) in [5.41, 5.74) is -0.331. The van der Waals surface area contributed by atoms with Crippen molar-refractivity contribution < 1.29 is 17.9 Å². The third kappa shape index (κ3) is 3.62. The second kappa shape index (κ2) is 6.57. The molecule has 0 aliphatic carbocycles. The van der Waals surface area contributed by atoms with E-state index in [4.69, 9.17) is 4.74 Å². The Bertz CT molecular complexity index is 613. The maximum absolute atomic E-state index is 12.8. The third-order valence-corrected chi connectivity index (χ3v) is 3.42. The predicted molar refractivity (Wildman–Crippen MR) is 75.0 cm³/mol. The molecule has 8 heteroatoms. The average molecular weight is 364 g/mol. The van der Waals surface area contributed by atoms with E-state index >= 15 is 0 Å². The van der Waals surface area contributed by atoms with E-state index in [1.165, 1.54) is 6.07 Å². The number of ether oxygens (including phenoxy) is 1. The molecule has 0 aliphatic heterocycles. The van der Waals surface area contributed by atoms with Crippen molar-refractivity contribution in [3.05, 3.63) is 35.7 Å². The minimum Gasteiger partial charge on any atom is -0.383 e. The molecule has 0 aliphatic rings. The van der Waals surface area contributed by atoms with Gasteiger partial charge in [0.15, 0.2) is 5.82 Å². The Labute approximate surface area is 128 Å². The lowest BCUT2D eigenvalue weighted by molar-refractivity contribution is -0.137. The minimum atomic E-state index is -4.38. The maximum Gasteiger partial charge on any atom is 0.416 e. The van der Waals surface area contributed by atoms with Crippen LogP contribution in [-0.2, 0) is 22.8 Å². The van der Waals surface area contributed by atoms with Crippen LogP contribution < -0.4 is 0 Å². The number of benzene rings is 1. The Hall–Kier alpha value is -1.41. The van der Waals surface area contributed by atoms with Crippen LogP contribution in [0.2, 0.25) is 0 Å². The summed E-state index contributed by atoms with van der Waals surface area (Å²) in [7, 11) is 1.56. The number of methoxy groups -OCH3 is 1. The Morgan fingerprint density at radius 2 is 2.05 bits per heavy atom. The van der Waals surface area contributed by atoms with Crippen LogP contribution >= 0.6 is 15.9 Å². The first kappa shape index (κ1) is 16.0. The summed E-state index contributed by atoms with van der Waals surface area (Å²) < 4.78 is 45.1. The van der Waals surface area contributed by atoms with E-state index in [1.807, 2.05) is 0 Å². The van der Waals surface area contributed by atoms with Crippen LogP contribution in [0.4, 0.5) is 13.2 Å². The number of rotatable bonds is 5. The van der Waals surface area contributed by atoms with Crippen molar-refractivity contribution in [2.75, 3.05) is 13.7 Å². The van der Waals surface area contributed by atoms with E-state index in [0.29, 0.717) is 35.7 Å². The van der Waals surface area contributed by atoms with Gasteiger partial charge in [-0.3, -0.25) is 0 Å². The van der Waals surface area contributed by atoms with Gasteiger partial charge >= 0.3 is 6.18 Å². The van der Waals surface area contributed by atoms with Gasteiger partial charge in [0.25, 0.3) is 0 Å². The van der Waals surface area contributed by atoms with E-state index in [1.54, 1.807) is 17.7 Å². The van der Waals surface area contributed by atoms with E-state index < -0.39 is 11.7 Å². The largest absolute Gasteiger partial charge is 0.416 e. The van der Waals surface area contributed by atoms with Crippen LogP contribution in [0.3, 0.4) is 0 Å². The van der Waals surface area contributed by atoms with Crippen LogP contribution in [0.25, 0.3) is 11.4 Å². The molecular weight excluding hydrogens is 351 g/mol. The number of nitrogens with zero attached hydrogens (tertiary/aromatic N) is 3. The number of alkyl halides is 4. The van der Waals surface area contributed by atoms with Gasteiger partial charge in [0.05, 0.1) is 17.5 Å². The fourth-order valence-electron chi connectivity index (χ4n) is 1.90. The zero-order valence-electron chi connectivity index (χ0n) is 11.2. The lowest BCUT2D eigenvalue weighted by Gasteiger charge is -2.11. The van der Waals surface area contributed by atoms with Gasteiger partial charge in [-0.15, -0.1) is 10.2 Å². The summed E-state index contributed by atoms with van der Waals surface area (Å²) >= 11 is 3.29. The van der Waals surface area contributed by atoms with Crippen LogP contribution in [0.1, 0.15) is 11.4 Å². The summed E-state index contributed by atoms with van der Waals surface area (Å²) in [6.45, 7) is 0.889. The Kier molecular flexibility index (Phi) is 5.00. The van der Waals surface area contributed by atoms with Crippen molar-refractivity contribution in [1.82, 2.24) is 14.8 Å². The van der Waals surface area contributed by atoms with E-state index in [0.717, 1.165) is 12.1 Å². The van der Waals surface area contributed by atoms with E-state index in [-0.39, 0.29) is 0 Å². The molecule has 1 heterocycles. The van der Waals surface area contributed by atoms with Crippen molar-refractivity contribution in [2.24, 2.45) is 0 Å². The standard InChI is InChI=1S/C13H13BrF3N3O/c1-21-6-5-20-11(8-14)18-19-12(20)9-3-2-4-10(7-9)13(15,16)17/h2-4,7H,5-6,8H2,1H3. The molecule has 1 aromatic carbocycles. The van der Waals surface area contributed by atoms with Gasteiger partial charge < -0.3 is 9.30 Å². The summed E-state index contributed by atoms with van der Waals surface area (Å²) in [5.74, 6) is 1.03. The Balaban J connectivity index is 2.44. The van der Waals surface area contributed by atoms with Crippen molar-refractivity contribution in [2.45, 2.75) is 18.1 Å². The van der Waals surface area contributed by atoms with Gasteiger partial charge in [0.2, 0.25) is 0 Å². The van der Waals surface area contributed by atoms with Crippen LogP contribution in [0, 0.1) is 0 Å². The quantitative estimate of drug-likeness (QED) is 0.763. The molecule has 0 bridgehead atoms. The van der Waals surface area contributed by atoms with E-state index in [2.05, 4.69) is 26.1 Å². The first-order valence-electron chi connectivity index (χ1n) is 6.12. The van der Waals surface area contributed by atoms with Gasteiger partial charge in [-0.1, -0.05) is 28.1 Å². The monoisotopic (exact) mass is 363 g/mol. The van der Waals surface area contributed by atoms with Crippen molar-refractivity contribution >= 4 is 15.9 Å². The third-order valence-electron chi connectivity index (χ3n) is 2.91. The highest BCUT2D eigenvalue weighted by molar-refractivity contribution is 9.08. The van der Waals surface area contributed by atoms with Crippen molar-refractivity contribution in [1.29, 1.82) is 0 Å². The summed E-state index contributed by atoms with van der Waals surface area (Å²) in [6.07, 6.45) is -4.38. The molecule has 0 atom stereocenters. The van der Waals surface area contributed by atoms with Crippen molar-refractivity contribution in [3.63, 3.8) is 0 Å². The number of aromatic nitrogens is 3. The second-order valence-electron chi connectivity index (χ2n) is 4.30. The number of hydrogen-bond donors (Lipinski definition) is 0. The summed E-state index contributed by atoms with van der Waals surface area (Å²) in [6, 6.07) is 5.05. The van der Waals surface area contributed by atoms with Gasteiger partial charge in [0, 0.05) is 19.2 Å².